The summed E-state index contributed by atoms with van der Waals surface area (Å²) in [4.78, 5) is 25.0. The van der Waals surface area contributed by atoms with Crippen molar-refractivity contribution in [3.05, 3.63) is 55.0 Å². The number of rotatable bonds is 3. The first-order valence-electron chi connectivity index (χ1n) is 7.63. The molecule has 0 aliphatic heterocycles. The predicted octanol–water partition coefficient (Wildman–Crippen LogP) is 2.02. The zero-order valence-electron chi connectivity index (χ0n) is 13.7. The number of amides is 1. The fraction of sp³-hybridized carbons (Fsp3) is 0.118. The Morgan fingerprint density at radius 2 is 2.00 bits per heavy atom. The Hall–Kier alpha value is -3.55. The largest absolute Gasteiger partial charge is 0.334 e. The highest BCUT2D eigenvalue weighted by molar-refractivity contribution is 6.03. The topological polar surface area (TPSA) is 90.5 Å². The molecule has 0 saturated heterocycles. The molecule has 4 heterocycles. The Bertz CT molecular complexity index is 1080. The van der Waals surface area contributed by atoms with Crippen molar-refractivity contribution < 1.29 is 4.79 Å². The second-order valence-corrected chi connectivity index (χ2v) is 5.70. The summed E-state index contributed by atoms with van der Waals surface area (Å²) in [6, 6.07) is 5.44. The lowest BCUT2D eigenvalue weighted by Crippen LogP contribution is -2.14. The summed E-state index contributed by atoms with van der Waals surface area (Å²) < 4.78 is 3.50. The Morgan fingerprint density at radius 1 is 1.12 bits per heavy atom. The van der Waals surface area contributed by atoms with Crippen LogP contribution in [0.15, 0.2) is 49.3 Å². The van der Waals surface area contributed by atoms with Gasteiger partial charge in [-0.2, -0.15) is 5.10 Å². The Labute approximate surface area is 143 Å². The standard InChI is InChI=1S/C17H15N7O/c1-23-10-18-9-15(23)12-5-11-6-16(20-8-14(11)19-7-12)21-17(25)13-3-4-24(2)22-13/h3-10H,1-2H3,(H,20,21,25). The van der Waals surface area contributed by atoms with Crippen LogP contribution in [0, 0.1) is 0 Å². The van der Waals surface area contributed by atoms with E-state index < -0.39 is 0 Å². The van der Waals surface area contributed by atoms with Gasteiger partial charge in [-0.1, -0.05) is 0 Å². The number of carbonyl (C=O) groups is 1. The van der Waals surface area contributed by atoms with Crippen molar-refractivity contribution in [1.29, 1.82) is 0 Å². The second-order valence-electron chi connectivity index (χ2n) is 5.70. The Balaban J connectivity index is 1.67. The molecule has 0 spiro atoms. The number of carbonyl (C=O) groups excluding carboxylic acids is 1. The Morgan fingerprint density at radius 3 is 2.72 bits per heavy atom. The first-order valence-corrected chi connectivity index (χ1v) is 7.63. The highest BCUT2D eigenvalue weighted by atomic mass is 16.2. The van der Waals surface area contributed by atoms with Crippen LogP contribution in [-0.2, 0) is 14.1 Å². The zero-order chi connectivity index (χ0) is 17.4. The third kappa shape index (κ3) is 2.85. The molecule has 4 aromatic rings. The van der Waals surface area contributed by atoms with Gasteiger partial charge in [0.25, 0.3) is 5.91 Å². The second kappa shape index (κ2) is 5.82. The van der Waals surface area contributed by atoms with Crippen molar-refractivity contribution in [2.75, 3.05) is 5.32 Å². The number of hydrogen-bond acceptors (Lipinski definition) is 5. The predicted molar refractivity (Wildman–Crippen MR) is 92.9 cm³/mol. The lowest BCUT2D eigenvalue weighted by molar-refractivity contribution is 0.102. The maximum Gasteiger partial charge on any atom is 0.277 e. The minimum absolute atomic E-state index is 0.303. The molecule has 4 rings (SSSR count). The number of aryl methyl sites for hydroxylation is 2. The van der Waals surface area contributed by atoms with Crippen LogP contribution >= 0.6 is 0 Å². The molecule has 124 valence electrons. The van der Waals surface area contributed by atoms with E-state index in [-0.39, 0.29) is 5.91 Å². The molecule has 8 heteroatoms. The SMILES string of the molecule is Cn1ccc(C(=O)Nc2cc3cc(-c4cncn4C)cnc3cn2)n1. The summed E-state index contributed by atoms with van der Waals surface area (Å²) in [6.07, 6.45) is 8.66. The molecular weight excluding hydrogens is 318 g/mol. The molecule has 8 nitrogen and oxygen atoms in total. The summed E-state index contributed by atoms with van der Waals surface area (Å²) >= 11 is 0. The van der Waals surface area contributed by atoms with Gasteiger partial charge in [0.15, 0.2) is 5.69 Å². The van der Waals surface area contributed by atoms with Crippen molar-refractivity contribution in [2.24, 2.45) is 14.1 Å². The number of hydrogen-bond donors (Lipinski definition) is 1. The summed E-state index contributed by atoms with van der Waals surface area (Å²) in [5.74, 6) is 0.148. The van der Waals surface area contributed by atoms with Gasteiger partial charge in [-0.3, -0.25) is 14.5 Å². The molecule has 0 aliphatic rings. The first kappa shape index (κ1) is 15.0. The average Bonchev–Trinajstić information content (AvgIpc) is 3.22. The summed E-state index contributed by atoms with van der Waals surface area (Å²) in [7, 11) is 3.69. The van der Waals surface area contributed by atoms with E-state index in [2.05, 4.69) is 25.4 Å². The monoisotopic (exact) mass is 333 g/mol. The number of imidazole rings is 1. The normalized spacial score (nSPS) is 11.0. The third-order valence-corrected chi connectivity index (χ3v) is 3.87. The minimum atomic E-state index is -0.303. The van der Waals surface area contributed by atoms with Crippen LogP contribution in [0.5, 0.6) is 0 Å². The number of aromatic nitrogens is 6. The molecule has 0 aliphatic carbocycles. The molecule has 0 aromatic carbocycles. The van der Waals surface area contributed by atoms with Gasteiger partial charge >= 0.3 is 0 Å². The Kier molecular flexibility index (Phi) is 3.50. The molecule has 1 N–H and O–H groups in total. The van der Waals surface area contributed by atoms with Crippen molar-refractivity contribution in [3.63, 3.8) is 0 Å². The maximum absolute atomic E-state index is 12.2. The average molecular weight is 333 g/mol. The van der Waals surface area contributed by atoms with E-state index in [0.29, 0.717) is 11.5 Å². The molecule has 0 bridgehead atoms. The quantitative estimate of drug-likeness (QED) is 0.619. The van der Waals surface area contributed by atoms with E-state index in [4.69, 9.17) is 0 Å². The zero-order valence-corrected chi connectivity index (χ0v) is 13.7. The molecule has 0 fully saturated rings. The van der Waals surface area contributed by atoms with E-state index in [9.17, 15) is 4.79 Å². The fourth-order valence-electron chi connectivity index (χ4n) is 2.59. The minimum Gasteiger partial charge on any atom is -0.334 e. The van der Waals surface area contributed by atoms with E-state index in [1.54, 1.807) is 55.0 Å². The van der Waals surface area contributed by atoms with Crippen molar-refractivity contribution in [3.8, 4) is 11.3 Å². The fourth-order valence-corrected chi connectivity index (χ4v) is 2.59. The summed E-state index contributed by atoms with van der Waals surface area (Å²) in [5, 5.41) is 7.72. The van der Waals surface area contributed by atoms with Crippen LogP contribution in [0.3, 0.4) is 0 Å². The summed E-state index contributed by atoms with van der Waals surface area (Å²) in [5.41, 5.74) is 3.00. The number of pyridine rings is 2. The molecule has 25 heavy (non-hydrogen) atoms. The molecule has 0 unspecified atom stereocenters. The van der Waals surface area contributed by atoms with E-state index >= 15 is 0 Å². The van der Waals surface area contributed by atoms with Crippen molar-refractivity contribution in [2.45, 2.75) is 0 Å². The van der Waals surface area contributed by atoms with Crippen LogP contribution in [0.2, 0.25) is 0 Å². The van der Waals surface area contributed by atoms with E-state index in [1.807, 2.05) is 17.7 Å². The van der Waals surface area contributed by atoms with Crippen LogP contribution in [0.4, 0.5) is 5.82 Å². The highest BCUT2D eigenvalue weighted by Crippen LogP contribution is 2.23. The van der Waals surface area contributed by atoms with Crippen LogP contribution in [0.1, 0.15) is 10.5 Å². The van der Waals surface area contributed by atoms with Crippen LogP contribution < -0.4 is 5.32 Å². The lowest BCUT2D eigenvalue weighted by Gasteiger charge is -2.06. The van der Waals surface area contributed by atoms with E-state index in [0.717, 1.165) is 22.2 Å². The third-order valence-electron chi connectivity index (χ3n) is 3.87. The van der Waals surface area contributed by atoms with E-state index in [1.165, 1.54) is 0 Å². The number of nitrogens with one attached hydrogen (secondary N) is 1. The van der Waals surface area contributed by atoms with Gasteiger partial charge in [-0.15, -0.1) is 0 Å². The summed E-state index contributed by atoms with van der Waals surface area (Å²) in [6.45, 7) is 0. The van der Waals surface area contributed by atoms with Gasteiger partial charge in [0.1, 0.15) is 5.82 Å². The number of nitrogens with zero attached hydrogens (tertiary/aromatic N) is 6. The molecule has 0 atom stereocenters. The molecule has 4 aromatic heterocycles. The molecule has 0 radical (unpaired) electrons. The van der Waals surface area contributed by atoms with Crippen LogP contribution in [0.25, 0.3) is 22.2 Å². The number of fused-ring (bicyclic) bond motifs is 1. The van der Waals surface area contributed by atoms with Gasteiger partial charge in [-0.05, 0) is 18.2 Å². The van der Waals surface area contributed by atoms with Gasteiger partial charge < -0.3 is 9.88 Å². The maximum atomic E-state index is 12.2. The number of anilines is 1. The lowest BCUT2D eigenvalue weighted by atomic mass is 10.1. The smallest absolute Gasteiger partial charge is 0.277 e. The van der Waals surface area contributed by atoms with Gasteiger partial charge in [0, 0.05) is 37.4 Å². The molecule has 0 saturated carbocycles. The molecular formula is C17H15N7O. The van der Waals surface area contributed by atoms with Crippen molar-refractivity contribution in [1.82, 2.24) is 29.3 Å². The van der Waals surface area contributed by atoms with Gasteiger partial charge in [0.05, 0.1) is 29.9 Å². The van der Waals surface area contributed by atoms with Crippen LogP contribution in [-0.4, -0.2) is 35.2 Å². The first-order chi connectivity index (χ1) is 12.1. The van der Waals surface area contributed by atoms with Gasteiger partial charge in [-0.25, -0.2) is 9.97 Å². The van der Waals surface area contributed by atoms with Gasteiger partial charge in [0.2, 0.25) is 0 Å². The van der Waals surface area contributed by atoms with Crippen molar-refractivity contribution >= 4 is 22.6 Å². The highest BCUT2D eigenvalue weighted by Gasteiger charge is 2.11. The molecule has 1 amide bonds.